The Morgan fingerprint density at radius 1 is 1.14 bits per heavy atom. The Labute approximate surface area is 128 Å². The van der Waals surface area contributed by atoms with Crippen LogP contribution in [0.25, 0.3) is 5.70 Å². The molecule has 4 heterocycles. The second-order valence-corrected chi connectivity index (χ2v) is 6.30. The number of nitrogens with zero attached hydrogens (tertiary/aromatic N) is 2. The minimum Gasteiger partial charge on any atom is -0.360 e. The Kier molecular flexibility index (Phi) is 2.19. The fourth-order valence-electron chi connectivity index (χ4n) is 4.05. The molecule has 0 aliphatic carbocycles. The van der Waals surface area contributed by atoms with Crippen molar-refractivity contribution in [2.45, 2.75) is 18.5 Å². The van der Waals surface area contributed by atoms with Crippen molar-refractivity contribution in [3.05, 3.63) is 59.9 Å². The lowest BCUT2D eigenvalue weighted by atomic mass is 9.99. The predicted octanol–water partition coefficient (Wildman–Crippen LogP) is 3.33. The number of H-pyrrole nitrogens is 1. The number of thiocarbonyl (C=S) groups is 1. The van der Waals surface area contributed by atoms with Crippen molar-refractivity contribution in [3.8, 4) is 0 Å². The van der Waals surface area contributed by atoms with Crippen molar-refractivity contribution in [1.29, 1.82) is 0 Å². The summed E-state index contributed by atoms with van der Waals surface area (Å²) >= 11 is 5.65. The number of aromatic nitrogens is 1. The minimum absolute atomic E-state index is 0.359. The molecular formula is C17H15N3S. The molecule has 0 radical (unpaired) electrons. The maximum Gasteiger partial charge on any atom is 0.114 e. The molecule has 1 N–H and O–H groups in total. The second-order valence-electron chi connectivity index (χ2n) is 5.88. The normalized spacial score (nSPS) is 25.9. The van der Waals surface area contributed by atoms with Gasteiger partial charge >= 0.3 is 0 Å². The number of benzene rings is 1. The zero-order chi connectivity index (χ0) is 14.0. The Morgan fingerprint density at radius 2 is 2.05 bits per heavy atom. The van der Waals surface area contributed by atoms with Crippen LogP contribution in [0.2, 0.25) is 0 Å². The van der Waals surface area contributed by atoms with Crippen LogP contribution < -0.4 is 4.90 Å². The van der Waals surface area contributed by atoms with E-state index in [2.05, 4.69) is 51.2 Å². The molecule has 2 unspecified atom stereocenters. The summed E-state index contributed by atoms with van der Waals surface area (Å²) in [6.45, 7) is 1.06. The summed E-state index contributed by atoms with van der Waals surface area (Å²) in [5.74, 6) is 0.567. The second kappa shape index (κ2) is 3.98. The highest BCUT2D eigenvalue weighted by Crippen LogP contribution is 2.52. The molecule has 0 spiro atoms. The highest BCUT2D eigenvalue weighted by molar-refractivity contribution is 7.80. The van der Waals surface area contributed by atoms with Crippen LogP contribution in [0.15, 0.2) is 48.7 Å². The third-order valence-electron chi connectivity index (χ3n) is 4.90. The number of anilines is 1. The molecule has 21 heavy (non-hydrogen) atoms. The maximum absolute atomic E-state index is 5.65. The minimum atomic E-state index is 0.359. The summed E-state index contributed by atoms with van der Waals surface area (Å²) in [6, 6.07) is 12.9. The molecule has 1 saturated heterocycles. The molecule has 104 valence electrons. The number of aromatic amines is 1. The molecule has 3 aliphatic rings. The van der Waals surface area contributed by atoms with Crippen molar-refractivity contribution in [1.82, 2.24) is 9.88 Å². The van der Waals surface area contributed by atoms with E-state index >= 15 is 0 Å². The topological polar surface area (TPSA) is 22.3 Å². The highest BCUT2D eigenvalue weighted by atomic mass is 32.1. The lowest BCUT2D eigenvalue weighted by Crippen LogP contribution is -2.48. The zero-order valence-corrected chi connectivity index (χ0v) is 12.3. The Bertz CT molecular complexity index is 762. The van der Waals surface area contributed by atoms with Crippen molar-refractivity contribution in [2.24, 2.45) is 0 Å². The largest absolute Gasteiger partial charge is 0.360 e. The van der Waals surface area contributed by atoms with Gasteiger partial charge in [-0.05, 0) is 36.3 Å². The molecule has 2 aromatic rings. The summed E-state index contributed by atoms with van der Waals surface area (Å²) in [5.41, 5.74) is 5.13. The smallest absolute Gasteiger partial charge is 0.114 e. The number of para-hydroxylation sites is 1. The first-order chi connectivity index (χ1) is 10.3. The summed E-state index contributed by atoms with van der Waals surface area (Å²) in [7, 11) is 0. The van der Waals surface area contributed by atoms with Crippen molar-refractivity contribution in [3.63, 3.8) is 0 Å². The molecule has 0 saturated carbocycles. The fourth-order valence-corrected chi connectivity index (χ4v) is 4.37. The standard InChI is InChI=1S/C17H15N3S/c21-16-10-15(13-5-3-8-18-13)20-14-6-2-1-4-11(14)12-7-9-19(16)17(12)20/h1-6,8,10,12,17-18H,7,9H2. The van der Waals surface area contributed by atoms with Gasteiger partial charge in [0.05, 0.1) is 11.4 Å². The summed E-state index contributed by atoms with van der Waals surface area (Å²) in [4.78, 5) is 9.15. The van der Waals surface area contributed by atoms with E-state index < -0.39 is 0 Å². The van der Waals surface area contributed by atoms with Gasteiger partial charge in [-0.3, -0.25) is 0 Å². The van der Waals surface area contributed by atoms with Crippen LogP contribution >= 0.6 is 12.2 Å². The van der Waals surface area contributed by atoms with Crippen LogP contribution in [0.1, 0.15) is 23.6 Å². The van der Waals surface area contributed by atoms with Gasteiger partial charge in [-0.2, -0.15) is 0 Å². The summed E-state index contributed by atoms with van der Waals surface area (Å²) < 4.78 is 0. The van der Waals surface area contributed by atoms with E-state index in [9.17, 15) is 0 Å². The zero-order valence-electron chi connectivity index (χ0n) is 11.5. The van der Waals surface area contributed by atoms with Crippen molar-refractivity contribution < 1.29 is 0 Å². The fraction of sp³-hybridized carbons (Fsp3) is 0.235. The van der Waals surface area contributed by atoms with Crippen LogP contribution in [0.5, 0.6) is 0 Å². The average molecular weight is 293 g/mol. The number of hydrogen-bond donors (Lipinski definition) is 1. The number of rotatable bonds is 1. The van der Waals surface area contributed by atoms with Gasteiger partial charge in [0.15, 0.2) is 0 Å². The van der Waals surface area contributed by atoms with E-state index in [0.717, 1.165) is 17.2 Å². The molecule has 1 aromatic heterocycles. The van der Waals surface area contributed by atoms with Crippen LogP contribution in [-0.2, 0) is 0 Å². The monoisotopic (exact) mass is 293 g/mol. The third-order valence-corrected chi connectivity index (χ3v) is 5.25. The lowest BCUT2D eigenvalue weighted by molar-refractivity contribution is 0.392. The van der Waals surface area contributed by atoms with Gasteiger partial charge in [0.2, 0.25) is 0 Å². The third kappa shape index (κ3) is 1.40. The molecule has 5 rings (SSSR count). The van der Waals surface area contributed by atoms with E-state index in [4.69, 9.17) is 12.2 Å². The van der Waals surface area contributed by atoms with Gasteiger partial charge in [0.1, 0.15) is 11.2 Å². The van der Waals surface area contributed by atoms with Crippen LogP contribution in [0.4, 0.5) is 5.69 Å². The first kappa shape index (κ1) is 11.6. The van der Waals surface area contributed by atoms with Gasteiger partial charge < -0.3 is 14.8 Å². The van der Waals surface area contributed by atoms with Crippen molar-refractivity contribution >= 4 is 28.6 Å². The average Bonchev–Trinajstić information content (AvgIpc) is 3.22. The molecule has 1 aromatic carbocycles. The van der Waals surface area contributed by atoms with E-state index in [-0.39, 0.29) is 0 Å². The van der Waals surface area contributed by atoms with E-state index in [1.54, 1.807) is 0 Å². The molecular weight excluding hydrogens is 278 g/mol. The molecule has 0 amide bonds. The van der Waals surface area contributed by atoms with Gasteiger partial charge in [-0.25, -0.2) is 0 Å². The molecule has 3 nitrogen and oxygen atoms in total. The van der Waals surface area contributed by atoms with Gasteiger partial charge in [0, 0.05) is 24.3 Å². The summed E-state index contributed by atoms with van der Waals surface area (Å²) in [5, 5.41) is 0. The molecule has 3 aliphatic heterocycles. The van der Waals surface area contributed by atoms with Crippen LogP contribution in [0, 0.1) is 0 Å². The van der Waals surface area contributed by atoms with Crippen LogP contribution in [0.3, 0.4) is 0 Å². The Morgan fingerprint density at radius 3 is 2.90 bits per heavy atom. The predicted molar refractivity (Wildman–Crippen MR) is 88.1 cm³/mol. The van der Waals surface area contributed by atoms with E-state index in [0.29, 0.717) is 12.1 Å². The quantitative estimate of drug-likeness (QED) is 0.815. The Balaban J connectivity index is 1.76. The molecule has 0 bridgehead atoms. The van der Waals surface area contributed by atoms with Crippen LogP contribution in [-0.4, -0.2) is 27.6 Å². The highest BCUT2D eigenvalue weighted by Gasteiger charge is 2.49. The molecule has 1 fully saturated rings. The van der Waals surface area contributed by atoms with E-state index in [1.165, 1.54) is 23.4 Å². The van der Waals surface area contributed by atoms with Crippen molar-refractivity contribution in [2.75, 3.05) is 11.4 Å². The molecule has 2 atom stereocenters. The molecule has 4 heteroatoms. The SMILES string of the molecule is S=C1C=C(c2ccc[nH]2)N2c3ccccc3C3CCN1C32. The number of nitrogens with one attached hydrogen (secondary N) is 1. The first-order valence-corrected chi connectivity index (χ1v) is 7.79. The Hall–Kier alpha value is -2.07. The van der Waals surface area contributed by atoms with Gasteiger partial charge in [-0.15, -0.1) is 0 Å². The van der Waals surface area contributed by atoms with Gasteiger partial charge in [0.25, 0.3) is 0 Å². The van der Waals surface area contributed by atoms with Gasteiger partial charge in [-0.1, -0.05) is 30.4 Å². The summed E-state index contributed by atoms with van der Waals surface area (Å²) in [6.07, 6.45) is 5.66. The maximum atomic E-state index is 5.65. The lowest BCUT2D eigenvalue weighted by Gasteiger charge is -2.40. The number of hydrogen-bond acceptors (Lipinski definition) is 2. The van der Waals surface area contributed by atoms with E-state index in [1.807, 2.05) is 12.3 Å². The number of fused-ring (bicyclic) bond motifs is 3. The first-order valence-electron chi connectivity index (χ1n) is 7.39.